The van der Waals surface area contributed by atoms with E-state index in [2.05, 4.69) is 56.3 Å². The molecule has 0 radical (unpaired) electrons. The van der Waals surface area contributed by atoms with Crippen LogP contribution in [0, 0.1) is 0 Å². The summed E-state index contributed by atoms with van der Waals surface area (Å²) in [6, 6.07) is 12.1. The maximum Gasteiger partial charge on any atom is 0.317 e. The average Bonchev–Trinajstić information content (AvgIpc) is 3.05. The minimum absolute atomic E-state index is 0.00138. The summed E-state index contributed by atoms with van der Waals surface area (Å²) in [4.78, 5) is 26.3. The van der Waals surface area contributed by atoms with Gasteiger partial charge in [0.05, 0.1) is 0 Å². The van der Waals surface area contributed by atoms with Gasteiger partial charge in [0.1, 0.15) is 5.82 Å². The van der Waals surface area contributed by atoms with Gasteiger partial charge in [-0.15, -0.1) is 0 Å². The molecule has 0 saturated carbocycles. The number of rotatable bonds is 5. The summed E-state index contributed by atoms with van der Waals surface area (Å²) in [5, 5.41) is 3.83. The molecular formula is C24H33ClN6O. The highest BCUT2D eigenvalue weighted by Gasteiger charge is 2.19. The quantitative estimate of drug-likeness (QED) is 0.749. The van der Waals surface area contributed by atoms with Crippen molar-refractivity contribution in [3.05, 3.63) is 58.7 Å². The Balaban J connectivity index is 1.22. The van der Waals surface area contributed by atoms with Gasteiger partial charge in [0.15, 0.2) is 0 Å². The fraction of sp³-hybridized carbons (Fsp3) is 0.500. The Morgan fingerprint density at radius 3 is 2.41 bits per heavy atom. The van der Waals surface area contributed by atoms with Gasteiger partial charge in [0, 0.05) is 76.7 Å². The van der Waals surface area contributed by atoms with Gasteiger partial charge >= 0.3 is 6.03 Å². The molecule has 0 aliphatic carbocycles. The van der Waals surface area contributed by atoms with Crippen molar-refractivity contribution in [2.24, 2.45) is 0 Å². The number of pyridine rings is 1. The number of aromatic nitrogens is 1. The van der Waals surface area contributed by atoms with Gasteiger partial charge in [0.2, 0.25) is 0 Å². The Hall–Kier alpha value is -2.35. The summed E-state index contributed by atoms with van der Waals surface area (Å²) in [5.74, 6) is 1.02. The molecule has 0 bridgehead atoms. The minimum atomic E-state index is 0.00138. The number of carbonyl (C=O) groups excluding carboxylic acids is 1. The van der Waals surface area contributed by atoms with E-state index in [1.54, 1.807) is 0 Å². The molecule has 2 saturated heterocycles. The number of hydrogen-bond donors (Lipinski definition) is 1. The first kappa shape index (κ1) is 22.8. The van der Waals surface area contributed by atoms with Crippen LogP contribution in [0.2, 0.25) is 5.02 Å². The third-order valence-electron chi connectivity index (χ3n) is 6.28. The number of nitrogens with zero attached hydrogens (tertiary/aromatic N) is 5. The molecule has 32 heavy (non-hydrogen) atoms. The van der Waals surface area contributed by atoms with E-state index in [0.29, 0.717) is 6.54 Å². The third kappa shape index (κ3) is 6.34. The Morgan fingerprint density at radius 1 is 0.938 bits per heavy atom. The van der Waals surface area contributed by atoms with Crippen molar-refractivity contribution in [3.63, 3.8) is 0 Å². The number of hydrogen-bond acceptors (Lipinski definition) is 5. The van der Waals surface area contributed by atoms with Crippen LogP contribution in [0.25, 0.3) is 0 Å². The molecule has 4 rings (SSSR count). The van der Waals surface area contributed by atoms with Crippen molar-refractivity contribution in [2.45, 2.75) is 19.5 Å². The third-order valence-corrected chi connectivity index (χ3v) is 6.53. The summed E-state index contributed by atoms with van der Waals surface area (Å²) in [6.07, 6.45) is 2.85. The number of halogens is 1. The van der Waals surface area contributed by atoms with Crippen molar-refractivity contribution in [1.29, 1.82) is 0 Å². The molecule has 0 atom stereocenters. The monoisotopic (exact) mass is 456 g/mol. The van der Waals surface area contributed by atoms with Crippen molar-refractivity contribution >= 4 is 23.4 Å². The highest BCUT2D eigenvalue weighted by Crippen LogP contribution is 2.15. The van der Waals surface area contributed by atoms with Crippen molar-refractivity contribution in [1.82, 2.24) is 25.0 Å². The molecule has 2 aromatic rings. The van der Waals surface area contributed by atoms with Gasteiger partial charge in [-0.2, -0.15) is 0 Å². The molecule has 1 aromatic heterocycles. The van der Waals surface area contributed by atoms with Crippen LogP contribution >= 0.6 is 11.6 Å². The first-order valence-corrected chi connectivity index (χ1v) is 11.8. The maximum absolute atomic E-state index is 12.7. The zero-order valence-electron chi connectivity index (χ0n) is 18.8. The van der Waals surface area contributed by atoms with Gasteiger partial charge in [-0.05, 0) is 42.8 Å². The molecule has 2 fully saturated rings. The normalized spacial score (nSPS) is 18.4. The van der Waals surface area contributed by atoms with Gasteiger partial charge < -0.3 is 20.0 Å². The fourth-order valence-electron chi connectivity index (χ4n) is 4.21. The van der Waals surface area contributed by atoms with Crippen LogP contribution in [-0.2, 0) is 13.1 Å². The Morgan fingerprint density at radius 2 is 1.69 bits per heavy atom. The van der Waals surface area contributed by atoms with Gasteiger partial charge in [0.25, 0.3) is 0 Å². The second-order valence-electron chi connectivity index (χ2n) is 8.72. The molecule has 2 amide bonds. The molecule has 8 heteroatoms. The van der Waals surface area contributed by atoms with Gasteiger partial charge in [-0.1, -0.05) is 29.8 Å². The average molecular weight is 457 g/mol. The van der Waals surface area contributed by atoms with E-state index in [-0.39, 0.29) is 6.03 Å². The van der Waals surface area contributed by atoms with Crippen LogP contribution < -0.4 is 10.2 Å². The van der Waals surface area contributed by atoms with Gasteiger partial charge in [-0.25, -0.2) is 9.78 Å². The van der Waals surface area contributed by atoms with E-state index >= 15 is 0 Å². The zero-order valence-corrected chi connectivity index (χ0v) is 19.6. The Labute approximate surface area is 195 Å². The van der Waals surface area contributed by atoms with Crippen molar-refractivity contribution in [2.75, 3.05) is 64.3 Å². The predicted molar refractivity (Wildman–Crippen MR) is 129 cm³/mol. The van der Waals surface area contributed by atoms with Crippen LogP contribution in [0.1, 0.15) is 17.5 Å². The second-order valence-corrected chi connectivity index (χ2v) is 9.15. The summed E-state index contributed by atoms with van der Waals surface area (Å²) >= 11 is 5.98. The minimum Gasteiger partial charge on any atom is -0.354 e. The zero-order chi connectivity index (χ0) is 22.3. The summed E-state index contributed by atoms with van der Waals surface area (Å²) in [7, 11) is 2.15. The fourth-order valence-corrected chi connectivity index (χ4v) is 4.34. The Bertz CT molecular complexity index is 867. The van der Waals surface area contributed by atoms with Crippen molar-refractivity contribution < 1.29 is 4.79 Å². The lowest BCUT2D eigenvalue weighted by molar-refractivity contribution is 0.197. The molecule has 0 spiro atoms. The largest absolute Gasteiger partial charge is 0.354 e. The lowest BCUT2D eigenvalue weighted by Crippen LogP contribution is -2.44. The van der Waals surface area contributed by atoms with E-state index in [4.69, 9.17) is 11.6 Å². The van der Waals surface area contributed by atoms with E-state index in [1.807, 2.05) is 23.2 Å². The standard InChI is InChI=1S/C24H33ClN6O/c1-28-11-14-30(15-12-28)23-8-5-21(17-26-23)18-27-24(32)31-10-2-9-29(13-16-31)19-20-3-6-22(25)7-4-20/h3-8,17H,2,9-16,18-19H2,1H3,(H,27,32). The lowest BCUT2D eigenvalue weighted by atomic mass is 10.2. The smallest absolute Gasteiger partial charge is 0.317 e. The van der Waals surface area contributed by atoms with Crippen LogP contribution in [0.5, 0.6) is 0 Å². The highest BCUT2D eigenvalue weighted by molar-refractivity contribution is 6.30. The first-order valence-electron chi connectivity index (χ1n) is 11.4. The molecule has 2 aliphatic rings. The van der Waals surface area contributed by atoms with Crippen LogP contribution in [0.15, 0.2) is 42.6 Å². The number of benzene rings is 1. The topological polar surface area (TPSA) is 55.0 Å². The molecule has 3 heterocycles. The Kier molecular flexibility index (Phi) is 7.84. The summed E-state index contributed by atoms with van der Waals surface area (Å²) in [6.45, 7) is 8.90. The predicted octanol–water partition coefficient (Wildman–Crippen LogP) is 2.90. The highest BCUT2D eigenvalue weighted by atomic mass is 35.5. The molecular weight excluding hydrogens is 424 g/mol. The lowest BCUT2D eigenvalue weighted by Gasteiger charge is -2.33. The summed E-state index contributed by atoms with van der Waals surface area (Å²) < 4.78 is 0. The molecule has 7 nitrogen and oxygen atoms in total. The van der Waals surface area contributed by atoms with E-state index in [0.717, 1.165) is 81.7 Å². The number of likely N-dealkylation sites (N-methyl/N-ethyl adjacent to an activating group) is 1. The first-order chi connectivity index (χ1) is 15.6. The van der Waals surface area contributed by atoms with E-state index in [1.165, 1.54) is 5.56 Å². The van der Waals surface area contributed by atoms with Crippen LogP contribution in [0.3, 0.4) is 0 Å². The molecule has 172 valence electrons. The van der Waals surface area contributed by atoms with E-state index < -0.39 is 0 Å². The number of nitrogens with one attached hydrogen (secondary N) is 1. The van der Waals surface area contributed by atoms with E-state index in [9.17, 15) is 4.79 Å². The maximum atomic E-state index is 12.7. The molecule has 1 N–H and O–H groups in total. The SMILES string of the molecule is CN1CCN(c2ccc(CNC(=O)N3CCCN(Cc4ccc(Cl)cc4)CC3)cn2)CC1. The van der Waals surface area contributed by atoms with Crippen LogP contribution in [0.4, 0.5) is 10.6 Å². The molecule has 0 unspecified atom stereocenters. The number of anilines is 1. The number of urea groups is 1. The van der Waals surface area contributed by atoms with Crippen LogP contribution in [-0.4, -0.2) is 85.1 Å². The second kappa shape index (κ2) is 11.0. The molecule has 1 aromatic carbocycles. The number of piperazine rings is 1. The van der Waals surface area contributed by atoms with Gasteiger partial charge in [-0.3, -0.25) is 4.90 Å². The molecule has 2 aliphatic heterocycles. The number of carbonyl (C=O) groups is 1. The van der Waals surface area contributed by atoms with Crippen molar-refractivity contribution in [3.8, 4) is 0 Å². The summed E-state index contributed by atoms with van der Waals surface area (Å²) in [5.41, 5.74) is 2.27. The number of amides is 2.